The van der Waals surface area contributed by atoms with Gasteiger partial charge < -0.3 is 15.5 Å². The maximum absolute atomic E-state index is 12.7. The highest BCUT2D eigenvalue weighted by Crippen LogP contribution is 2.17. The highest BCUT2D eigenvalue weighted by Gasteiger charge is 2.21. The Labute approximate surface area is 90.3 Å². The first kappa shape index (κ1) is 10.6. The molecule has 0 fully saturated rings. The van der Waals surface area contributed by atoms with Gasteiger partial charge in [-0.15, -0.1) is 0 Å². The second kappa shape index (κ2) is 3.58. The Bertz CT molecular complexity index is 502. The van der Waals surface area contributed by atoms with Crippen molar-refractivity contribution < 1.29 is 8.78 Å². The van der Waals surface area contributed by atoms with Crippen molar-refractivity contribution in [2.45, 2.75) is 12.8 Å². The van der Waals surface area contributed by atoms with E-state index in [1.165, 1.54) is 0 Å². The van der Waals surface area contributed by atoms with E-state index in [1.54, 1.807) is 23.0 Å². The average Bonchev–Trinajstić information content (AvgIpc) is 2.60. The molecule has 2 aromatic rings. The molecule has 5 nitrogen and oxygen atoms in total. The van der Waals surface area contributed by atoms with Crippen LogP contribution in [0.4, 0.5) is 20.4 Å². The van der Waals surface area contributed by atoms with E-state index in [4.69, 9.17) is 5.73 Å². The third-order valence-corrected chi connectivity index (χ3v) is 1.96. The lowest BCUT2D eigenvalue weighted by Crippen LogP contribution is -2.23. The molecule has 0 saturated carbocycles. The summed E-state index contributed by atoms with van der Waals surface area (Å²) in [4.78, 5) is 7.92. The predicted octanol–water partition coefficient (Wildman–Crippen LogP) is 1.38. The zero-order chi connectivity index (χ0) is 11.8. The fourth-order valence-electron chi connectivity index (χ4n) is 1.31. The molecule has 16 heavy (non-hydrogen) atoms. The molecule has 0 unspecified atom stereocenters. The fourth-order valence-corrected chi connectivity index (χ4v) is 1.31. The zero-order valence-corrected chi connectivity index (χ0v) is 8.61. The molecule has 0 aliphatic rings. The Morgan fingerprint density at radius 2 is 2.31 bits per heavy atom. The number of nitrogens with one attached hydrogen (secondary N) is 1. The minimum absolute atomic E-state index is 0.243. The van der Waals surface area contributed by atoms with Gasteiger partial charge in [-0.25, -0.2) is 18.7 Å². The lowest BCUT2D eigenvalue weighted by Gasteiger charge is -2.12. The van der Waals surface area contributed by atoms with Crippen LogP contribution in [0, 0.1) is 0 Å². The quantitative estimate of drug-likeness (QED) is 0.831. The maximum atomic E-state index is 12.7. The first-order chi connectivity index (χ1) is 7.46. The number of halogens is 2. The molecule has 0 bridgehead atoms. The second-order valence-corrected chi connectivity index (χ2v) is 3.60. The second-order valence-electron chi connectivity index (χ2n) is 3.60. The summed E-state index contributed by atoms with van der Waals surface area (Å²) < 4.78 is 27.0. The summed E-state index contributed by atoms with van der Waals surface area (Å²) in [6.07, 6.45) is 4.78. The summed E-state index contributed by atoms with van der Waals surface area (Å²) in [5.74, 6) is -2.31. The van der Waals surface area contributed by atoms with Crippen molar-refractivity contribution in [1.82, 2.24) is 14.4 Å². The standard InChI is InChI=1S/C9H11F2N5/c1-9(10,11)5-14-7-8-13-2-3-16(8)4-6(12)15-7/h2-4H,5,12H2,1H3,(H,14,15). The topological polar surface area (TPSA) is 68.2 Å². The molecule has 0 atom stereocenters. The van der Waals surface area contributed by atoms with Gasteiger partial charge in [0.05, 0.1) is 12.7 Å². The van der Waals surface area contributed by atoms with Gasteiger partial charge in [0.1, 0.15) is 5.82 Å². The van der Waals surface area contributed by atoms with E-state index < -0.39 is 12.5 Å². The molecular formula is C9H11F2N5. The molecular weight excluding hydrogens is 216 g/mol. The first-order valence-corrected chi connectivity index (χ1v) is 4.66. The van der Waals surface area contributed by atoms with Crippen LogP contribution in [0.1, 0.15) is 6.92 Å². The number of nitrogens with zero attached hydrogens (tertiary/aromatic N) is 3. The average molecular weight is 227 g/mol. The Morgan fingerprint density at radius 3 is 3.00 bits per heavy atom. The number of nitrogens with two attached hydrogens (primary N) is 1. The monoisotopic (exact) mass is 227 g/mol. The molecule has 2 heterocycles. The molecule has 0 saturated heterocycles. The number of hydrogen-bond donors (Lipinski definition) is 2. The SMILES string of the molecule is CC(F)(F)CNc1nc(N)cn2ccnc12. The number of rotatable bonds is 3. The summed E-state index contributed by atoms with van der Waals surface area (Å²) in [5.41, 5.74) is 6.01. The van der Waals surface area contributed by atoms with Crippen molar-refractivity contribution in [3.63, 3.8) is 0 Å². The molecule has 0 aliphatic carbocycles. The van der Waals surface area contributed by atoms with Crippen LogP contribution in [0.5, 0.6) is 0 Å². The summed E-state index contributed by atoms with van der Waals surface area (Å²) in [6.45, 7) is 0.320. The summed E-state index contributed by atoms with van der Waals surface area (Å²) in [6, 6.07) is 0. The van der Waals surface area contributed by atoms with E-state index in [2.05, 4.69) is 15.3 Å². The number of imidazole rings is 1. The minimum atomic E-state index is -2.81. The minimum Gasteiger partial charge on any atom is -0.382 e. The van der Waals surface area contributed by atoms with Gasteiger partial charge in [-0.1, -0.05) is 0 Å². The maximum Gasteiger partial charge on any atom is 0.262 e. The Kier molecular flexibility index (Phi) is 2.37. The van der Waals surface area contributed by atoms with E-state index in [0.717, 1.165) is 6.92 Å². The third-order valence-electron chi connectivity index (χ3n) is 1.96. The number of fused-ring (bicyclic) bond motifs is 1. The van der Waals surface area contributed by atoms with Gasteiger partial charge in [-0.05, 0) is 0 Å². The van der Waals surface area contributed by atoms with Crippen LogP contribution in [-0.4, -0.2) is 26.8 Å². The summed E-state index contributed by atoms with van der Waals surface area (Å²) in [7, 11) is 0. The molecule has 2 rings (SSSR count). The summed E-state index contributed by atoms with van der Waals surface area (Å²) >= 11 is 0. The van der Waals surface area contributed by atoms with Crippen LogP contribution in [0.25, 0.3) is 5.65 Å². The van der Waals surface area contributed by atoms with E-state index in [-0.39, 0.29) is 11.6 Å². The van der Waals surface area contributed by atoms with Gasteiger partial charge in [-0.3, -0.25) is 0 Å². The van der Waals surface area contributed by atoms with Crippen molar-refractivity contribution in [3.8, 4) is 0 Å². The number of nitrogen functional groups attached to an aromatic ring is 1. The highest BCUT2D eigenvalue weighted by molar-refractivity contribution is 5.64. The van der Waals surface area contributed by atoms with E-state index in [9.17, 15) is 8.78 Å². The molecule has 0 radical (unpaired) electrons. The van der Waals surface area contributed by atoms with Gasteiger partial charge in [0.2, 0.25) is 0 Å². The molecule has 2 aromatic heterocycles. The van der Waals surface area contributed by atoms with Gasteiger partial charge in [0.15, 0.2) is 11.5 Å². The smallest absolute Gasteiger partial charge is 0.262 e. The van der Waals surface area contributed by atoms with Gasteiger partial charge in [0, 0.05) is 19.3 Å². The lowest BCUT2D eigenvalue weighted by atomic mass is 10.4. The van der Waals surface area contributed by atoms with Gasteiger partial charge in [0.25, 0.3) is 5.92 Å². The molecule has 7 heteroatoms. The van der Waals surface area contributed by atoms with E-state index in [1.807, 2.05) is 0 Å². The zero-order valence-electron chi connectivity index (χ0n) is 8.61. The van der Waals surface area contributed by atoms with Crippen molar-refractivity contribution in [3.05, 3.63) is 18.6 Å². The normalized spacial score (nSPS) is 11.9. The van der Waals surface area contributed by atoms with Crippen LogP contribution < -0.4 is 11.1 Å². The largest absolute Gasteiger partial charge is 0.382 e. The summed E-state index contributed by atoms with van der Waals surface area (Å²) in [5, 5.41) is 2.53. The third kappa shape index (κ3) is 2.18. The number of aromatic nitrogens is 3. The predicted molar refractivity (Wildman–Crippen MR) is 56.5 cm³/mol. The van der Waals surface area contributed by atoms with Crippen LogP contribution in [0.15, 0.2) is 18.6 Å². The molecule has 0 spiro atoms. The van der Waals surface area contributed by atoms with Crippen LogP contribution in [0.2, 0.25) is 0 Å². The number of hydrogen-bond acceptors (Lipinski definition) is 4. The van der Waals surface area contributed by atoms with Gasteiger partial charge >= 0.3 is 0 Å². The van der Waals surface area contributed by atoms with Gasteiger partial charge in [-0.2, -0.15) is 0 Å². The van der Waals surface area contributed by atoms with Crippen LogP contribution in [-0.2, 0) is 0 Å². The van der Waals surface area contributed by atoms with Crippen molar-refractivity contribution in [1.29, 1.82) is 0 Å². The molecule has 0 amide bonds. The Morgan fingerprint density at radius 1 is 1.56 bits per heavy atom. The van der Waals surface area contributed by atoms with Crippen LogP contribution in [0.3, 0.4) is 0 Å². The van der Waals surface area contributed by atoms with E-state index in [0.29, 0.717) is 5.65 Å². The molecule has 0 aromatic carbocycles. The van der Waals surface area contributed by atoms with Crippen molar-refractivity contribution >= 4 is 17.3 Å². The van der Waals surface area contributed by atoms with E-state index >= 15 is 0 Å². The van der Waals surface area contributed by atoms with Crippen LogP contribution >= 0.6 is 0 Å². The number of anilines is 2. The molecule has 3 N–H and O–H groups in total. The Balaban J connectivity index is 2.32. The lowest BCUT2D eigenvalue weighted by molar-refractivity contribution is 0.0367. The highest BCUT2D eigenvalue weighted by atomic mass is 19.3. The Hall–Kier alpha value is -1.92. The molecule has 86 valence electrons. The fraction of sp³-hybridized carbons (Fsp3) is 0.333. The van der Waals surface area contributed by atoms with Crippen molar-refractivity contribution in [2.75, 3.05) is 17.6 Å². The van der Waals surface area contributed by atoms with Crippen molar-refractivity contribution in [2.24, 2.45) is 0 Å². The molecule has 0 aliphatic heterocycles. The number of alkyl halides is 2. The first-order valence-electron chi connectivity index (χ1n) is 4.66.